The summed E-state index contributed by atoms with van der Waals surface area (Å²) in [6.45, 7) is 2.08. The monoisotopic (exact) mass is 434 g/mol. The largest absolute Gasteiger partial charge is 0.362 e. The van der Waals surface area contributed by atoms with Gasteiger partial charge in [-0.3, -0.25) is 0 Å². The van der Waals surface area contributed by atoms with Gasteiger partial charge in [-0.25, -0.2) is 4.98 Å². The first kappa shape index (κ1) is 21.3. The van der Waals surface area contributed by atoms with Gasteiger partial charge in [-0.15, -0.1) is 0 Å². The average Bonchev–Trinajstić information content (AvgIpc) is 2.76. The topological polar surface area (TPSA) is 65.1 Å². The highest BCUT2D eigenvalue weighted by Crippen LogP contribution is 2.26. The quantitative estimate of drug-likeness (QED) is 0.503. The van der Waals surface area contributed by atoms with Gasteiger partial charge in [0.05, 0.1) is 5.52 Å². The van der Waals surface area contributed by atoms with Crippen LogP contribution in [0, 0.1) is 6.92 Å². The van der Waals surface area contributed by atoms with Gasteiger partial charge >= 0.3 is 0 Å². The Labute approximate surface area is 189 Å². The molecule has 1 aromatic heterocycles. The van der Waals surface area contributed by atoms with Gasteiger partial charge in [0.25, 0.3) is 0 Å². The molecule has 1 aliphatic carbocycles. The second-order valence-electron chi connectivity index (χ2n) is 8.44. The van der Waals surface area contributed by atoms with Crippen molar-refractivity contribution >= 4 is 45.7 Å². The van der Waals surface area contributed by atoms with Crippen LogP contribution in [0.1, 0.15) is 31.2 Å². The van der Waals surface area contributed by atoms with E-state index in [0.29, 0.717) is 23.1 Å². The van der Waals surface area contributed by atoms with E-state index in [1.807, 2.05) is 37.2 Å². The number of para-hydroxylation sites is 1. The molecule has 1 saturated carbocycles. The van der Waals surface area contributed by atoms with Gasteiger partial charge in [0.2, 0.25) is 5.95 Å². The molecule has 0 unspecified atom stereocenters. The molecule has 0 spiro atoms. The summed E-state index contributed by atoms with van der Waals surface area (Å²) in [6, 6.07) is 17.2. The molecule has 1 aliphatic rings. The number of benzene rings is 2. The molecule has 0 atom stereocenters. The van der Waals surface area contributed by atoms with Crippen molar-refractivity contribution in [2.75, 3.05) is 29.6 Å². The fourth-order valence-corrected chi connectivity index (χ4v) is 4.30. The summed E-state index contributed by atoms with van der Waals surface area (Å²) < 4.78 is 0. The van der Waals surface area contributed by atoms with Crippen molar-refractivity contribution in [3.8, 4) is 0 Å². The molecular weight excluding hydrogens is 404 g/mol. The van der Waals surface area contributed by atoms with E-state index in [2.05, 4.69) is 53.2 Å². The number of hydrogen-bond donors (Lipinski definition) is 3. The van der Waals surface area contributed by atoms with Crippen LogP contribution in [0.2, 0.25) is 0 Å². The molecule has 0 amide bonds. The van der Waals surface area contributed by atoms with Crippen LogP contribution in [-0.2, 0) is 0 Å². The van der Waals surface area contributed by atoms with Gasteiger partial charge in [0.15, 0.2) is 5.11 Å². The molecule has 0 radical (unpaired) electrons. The Morgan fingerprint density at radius 1 is 0.935 bits per heavy atom. The molecule has 2 aromatic carbocycles. The number of rotatable bonds is 5. The van der Waals surface area contributed by atoms with Crippen molar-refractivity contribution in [1.29, 1.82) is 0 Å². The first-order valence-electron chi connectivity index (χ1n) is 10.8. The van der Waals surface area contributed by atoms with Crippen LogP contribution in [0.3, 0.4) is 0 Å². The minimum Gasteiger partial charge on any atom is -0.362 e. The number of hydrogen-bond acceptors (Lipinski definition) is 5. The summed E-state index contributed by atoms with van der Waals surface area (Å²) in [7, 11) is 4.03. The molecule has 7 heteroatoms. The number of aromatic nitrogens is 2. The zero-order valence-corrected chi connectivity index (χ0v) is 19.2. The van der Waals surface area contributed by atoms with Crippen molar-refractivity contribution in [2.24, 2.45) is 0 Å². The Morgan fingerprint density at radius 2 is 1.61 bits per heavy atom. The van der Waals surface area contributed by atoms with Crippen LogP contribution in [0.5, 0.6) is 0 Å². The number of anilines is 3. The molecule has 6 nitrogen and oxygen atoms in total. The normalized spacial score (nSPS) is 18.4. The molecule has 3 aromatic rings. The SMILES string of the molecule is Cc1ccc(NC(=S)NC2CCC(Nc3nc(N(C)C)c4ccccc4n3)CC2)cc1. The summed E-state index contributed by atoms with van der Waals surface area (Å²) in [5.41, 5.74) is 3.22. The third kappa shape index (κ3) is 5.41. The maximum absolute atomic E-state index is 5.51. The molecule has 1 heterocycles. The molecule has 3 N–H and O–H groups in total. The van der Waals surface area contributed by atoms with Crippen molar-refractivity contribution in [1.82, 2.24) is 15.3 Å². The summed E-state index contributed by atoms with van der Waals surface area (Å²) >= 11 is 5.51. The van der Waals surface area contributed by atoms with E-state index < -0.39 is 0 Å². The molecule has 0 saturated heterocycles. The molecule has 162 valence electrons. The first-order valence-corrected chi connectivity index (χ1v) is 11.2. The minimum atomic E-state index is 0.368. The van der Waals surface area contributed by atoms with Crippen molar-refractivity contribution in [2.45, 2.75) is 44.7 Å². The van der Waals surface area contributed by atoms with E-state index >= 15 is 0 Å². The minimum absolute atomic E-state index is 0.368. The lowest BCUT2D eigenvalue weighted by Gasteiger charge is -2.30. The van der Waals surface area contributed by atoms with Gasteiger partial charge in [0, 0.05) is 37.3 Å². The fourth-order valence-electron chi connectivity index (χ4n) is 4.02. The maximum atomic E-state index is 5.51. The third-order valence-electron chi connectivity index (χ3n) is 5.71. The second-order valence-corrected chi connectivity index (χ2v) is 8.85. The van der Waals surface area contributed by atoms with Crippen molar-refractivity contribution in [3.63, 3.8) is 0 Å². The second kappa shape index (κ2) is 9.47. The van der Waals surface area contributed by atoms with Crippen LogP contribution in [-0.4, -0.2) is 41.3 Å². The number of nitrogens with one attached hydrogen (secondary N) is 3. The summed E-state index contributed by atoms with van der Waals surface area (Å²) in [5, 5.41) is 12.1. The van der Waals surface area contributed by atoms with Crippen LogP contribution in [0.4, 0.5) is 17.5 Å². The highest BCUT2D eigenvalue weighted by molar-refractivity contribution is 7.80. The predicted octanol–water partition coefficient (Wildman–Crippen LogP) is 4.71. The fraction of sp³-hybridized carbons (Fsp3) is 0.375. The Balaban J connectivity index is 1.32. The average molecular weight is 435 g/mol. The van der Waals surface area contributed by atoms with Crippen LogP contribution in [0.15, 0.2) is 48.5 Å². The summed E-state index contributed by atoms with van der Waals surface area (Å²) in [6.07, 6.45) is 4.22. The predicted molar refractivity (Wildman–Crippen MR) is 134 cm³/mol. The van der Waals surface area contributed by atoms with E-state index in [0.717, 1.165) is 48.1 Å². The maximum Gasteiger partial charge on any atom is 0.225 e. The molecule has 0 bridgehead atoms. The number of nitrogens with zero attached hydrogens (tertiary/aromatic N) is 3. The standard InChI is InChI=1S/C24H30N6S/c1-16-8-10-18(11-9-16)26-24(31)27-19-14-12-17(13-15-19)25-23-28-21-7-5-4-6-20(21)22(29-23)30(2)3/h4-11,17,19H,12-15H2,1-3H3,(H,25,28,29)(H2,26,27,31). The highest BCUT2D eigenvalue weighted by Gasteiger charge is 2.22. The zero-order chi connectivity index (χ0) is 21.8. The van der Waals surface area contributed by atoms with Crippen LogP contribution < -0.4 is 20.9 Å². The van der Waals surface area contributed by atoms with Crippen molar-refractivity contribution < 1.29 is 0 Å². The van der Waals surface area contributed by atoms with Crippen molar-refractivity contribution in [3.05, 3.63) is 54.1 Å². The highest BCUT2D eigenvalue weighted by atomic mass is 32.1. The van der Waals surface area contributed by atoms with Crippen LogP contribution >= 0.6 is 12.2 Å². The van der Waals surface area contributed by atoms with E-state index in [-0.39, 0.29) is 0 Å². The summed E-state index contributed by atoms with van der Waals surface area (Å²) in [4.78, 5) is 11.5. The Hall–Kier alpha value is -2.93. The molecule has 1 fully saturated rings. The van der Waals surface area contributed by atoms with E-state index in [1.165, 1.54) is 5.56 Å². The van der Waals surface area contributed by atoms with Gasteiger partial charge in [-0.1, -0.05) is 29.8 Å². The third-order valence-corrected chi connectivity index (χ3v) is 5.93. The first-order chi connectivity index (χ1) is 15.0. The molecule has 31 heavy (non-hydrogen) atoms. The van der Waals surface area contributed by atoms with Gasteiger partial charge in [-0.2, -0.15) is 4.98 Å². The number of thiocarbonyl (C=S) groups is 1. The lowest BCUT2D eigenvalue weighted by Crippen LogP contribution is -2.42. The Morgan fingerprint density at radius 3 is 2.32 bits per heavy atom. The molecular formula is C24H30N6S. The number of aryl methyl sites for hydroxylation is 1. The Bertz CT molecular complexity index is 1040. The lowest BCUT2D eigenvalue weighted by atomic mass is 9.91. The lowest BCUT2D eigenvalue weighted by molar-refractivity contribution is 0.387. The van der Waals surface area contributed by atoms with E-state index in [4.69, 9.17) is 22.2 Å². The van der Waals surface area contributed by atoms with Gasteiger partial charge in [0.1, 0.15) is 5.82 Å². The zero-order valence-electron chi connectivity index (χ0n) is 18.4. The van der Waals surface area contributed by atoms with E-state index in [1.54, 1.807) is 0 Å². The number of fused-ring (bicyclic) bond motifs is 1. The smallest absolute Gasteiger partial charge is 0.225 e. The summed E-state index contributed by atoms with van der Waals surface area (Å²) in [5.74, 6) is 1.64. The Kier molecular flexibility index (Phi) is 6.51. The van der Waals surface area contributed by atoms with Gasteiger partial charge < -0.3 is 20.9 Å². The molecule has 4 rings (SSSR count). The van der Waals surface area contributed by atoms with E-state index in [9.17, 15) is 0 Å². The molecule has 0 aliphatic heterocycles. The van der Waals surface area contributed by atoms with Gasteiger partial charge in [-0.05, 0) is 69.1 Å². The van der Waals surface area contributed by atoms with Crippen LogP contribution in [0.25, 0.3) is 10.9 Å².